The van der Waals surface area contributed by atoms with Crippen LogP contribution in [0.3, 0.4) is 0 Å². The number of aryl methyl sites for hydroxylation is 1. The number of carbonyl (C=O) groups excluding carboxylic acids is 1. The summed E-state index contributed by atoms with van der Waals surface area (Å²) in [4.78, 5) is 26.5. The van der Waals surface area contributed by atoms with Crippen molar-refractivity contribution in [1.29, 1.82) is 0 Å². The van der Waals surface area contributed by atoms with Crippen LogP contribution < -0.4 is 5.32 Å². The van der Waals surface area contributed by atoms with Gasteiger partial charge in [-0.05, 0) is 45.1 Å². The van der Waals surface area contributed by atoms with Gasteiger partial charge in [-0.15, -0.1) is 11.3 Å². The highest BCUT2D eigenvalue weighted by atomic mass is 32.1. The first-order valence-corrected chi connectivity index (χ1v) is 8.05. The first-order valence-electron chi connectivity index (χ1n) is 7.23. The van der Waals surface area contributed by atoms with Crippen molar-refractivity contribution in [1.82, 2.24) is 4.90 Å². The van der Waals surface area contributed by atoms with Gasteiger partial charge in [-0.25, -0.2) is 9.59 Å². The zero-order chi connectivity index (χ0) is 15.7. The molecule has 1 aromatic rings. The predicted octanol–water partition coefficient (Wildman–Crippen LogP) is 3.72. The molecule has 1 aromatic heterocycles. The van der Waals surface area contributed by atoms with E-state index in [2.05, 4.69) is 12.2 Å². The first kappa shape index (κ1) is 15.8. The Hall–Kier alpha value is -1.56. The molecule has 2 N–H and O–H groups in total. The Morgan fingerprint density at radius 2 is 2.00 bits per heavy atom. The maximum atomic E-state index is 12.4. The zero-order valence-electron chi connectivity index (χ0n) is 12.9. The number of carboxylic acid groups (broad SMARTS) is 1. The maximum Gasteiger partial charge on any atom is 0.338 e. The minimum absolute atomic E-state index is 0.175. The number of likely N-dealkylation sites (tertiary alicyclic amines) is 1. The number of amides is 2. The molecule has 6 heteroatoms. The average molecular weight is 310 g/mol. The van der Waals surface area contributed by atoms with Gasteiger partial charge in [0, 0.05) is 17.5 Å². The molecule has 1 saturated heterocycles. The number of hydrogen-bond acceptors (Lipinski definition) is 3. The molecule has 2 rings (SSSR count). The number of carbonyl (C=O) groups is 2. The van der Waals surface area contributed by atoms with Crippen LogP contribution in [0.5, 0.6) is 0 Å². The molecule has 0 bridgehead atoms. The number of rotatable bonds is 2. The van der Waals surface area contributed by atoms with E-state index in [0.29, 0.717) is 10.9 Å². The summed E-state index contributed by atoms with van der Waals surface area (Å²) in [5.74, 6) is -0.525. The molecule has 5 nitrogen and oxygen atoms in total. The number of carboxylic acids is 1. The Morgan fingerprint density at radius 1 is 1.33 bits per heavy atom. The SMILES string of the molecule is Cc1sc(NC(=O)N2CCCC(C)C2C)c(C(=O)O)c1C. The molecular weight excluding hydrogens is 288 g/mol. The first-order chi connectivity index (χ1) is 9.82. The Morgan fingerprint density at radius 3 is 2.62 bits per heavy atom. The van der Waals surface area contributed by atoms with E-state index >= 15 is 0 Å². The van der Waals surface area contributed by atoms with Crippen molar-refractivity contribution < 1.29 is 14.7 Å². The van der Waals surface area contributed by atoms with E-state index in [1.54, 1.807) is 6.92 Å². The number of nitrogens with one attached hydrogen (secondary N) is 1. The molecule has 2 heterocycles. The third-order valence-corrected chi connectivity index (χ3v) is 5.58. The van der Waals surface area contributed by atoms with Crippen molar-refractivity contribution in [2.45, 2.75) is 46.6 Å². The molecule has 0 radical (unpaired) electrons. The molecule has 0 saturated carbocycles. The maximum absolute atomic E-state index is 12.4. The Kier molecular flexibility index (Phi) is 4.56. The molecular formula is C15H22N2O3S. The van der Waals surface area contributed by atoms with Crippen molar-refractivity contribution in [3.05, 3.63) is 16.0 Å². The third kappa shape index (κ3) is 3.05. The van der Waals surface area contributed by atoms with E-state index in [1.165, 1.54) is 11.3 Å². The van der Waals surface area contributed by atoms with E-state index in [1.807, 2.05) is 18.7 Å². The molecule has 2 atom stereocenters. The Labute approximate surface area is 129 Å². The van der Waals surface area contributed by atoms with Crippen LogP contribution in [0.2, 0.25) is 0 Å². The summed E-state index contributed by atoms with van der Waals surface area (Å²) in [6.45, 7) is 8.56. The highest BCUT2D eigenvalue weighted by molar-refractivity contribution is 7.16. The highest BCUT2D eigenvalue weighted by Gasteiger charge is 2.29. The van der Waals surface area contributed by atoms with Gasteiger partial charge in [0.1, 0.15) is 5.00 Å². The fourth-order valence-corrected chi connectivity index (χ4v) is 3.81. The van der Waals surface area contributed by atoms with Gasteiger partial charge in [-0.2, -0.15) is 0 Å². The van der Waals surface area contributed by atoms with Crippen molar-refractivity contribution in [2.75, 3.05) is 11.9 Å². The number of anilines is 1. The van der Waals surface area contributed by atoms with E-state index in [4.69, 9.17) is 0 Å². The Balaban J connectivity index is 2.20. The summed E-state index contributed by atoms with van der Waals surface area (Å²) in [6.07, 6.45) is 2.12. The van der Waals surface area contributed by atoms with Gasteiger partial charge in [0.05, 0.1) is 5.56 Å². The van der Waals surface area contributed by atoms with Crippen LogP contribution in [0.15, 0.2) is 0 Å². The van der Waals surface area contributed by atoms with Gasteiger partial charge >= 0.3 is 12.0 Å². The molecule has 1 aliphatic heterocycles. The lowest BCUT2D eigenvalue weighted by molar-refractivity contribution is 0.0697. The quantitative estimate of drug-likeness (QED) is 0.874. The summed E-state index contributed by atoms with van der Waals surface area (Å²) in [6, 6.07) is -0.0213. The normalized spacial score (nSPS) is 22.2. The number of piperidine rings is 1. The van der Waals surface area contributed by atoms with Crippen molar-refractivity contribution >= 4 is 28.3 Å². The standard InChI is InChI=1S/C15H22N2O3S/c1-8-6-5-7-17(10(8)3)15(20)16-13-12(14(18)19)9(2)11(4)21-13/h8,10H,5-7H2,1-4H3,(H,16,20)(H,18,19). The second-order valence-electron chi connectivity index (χ2n) is 5.78. The molecule has 0 aromatic carbocycles. The van der Waals surface area contributed by atoms with Gasteiger partial charge in [-0.3, -0.25) is 5.32 Å². The molecule has 0 aliphatic carbocycles. The lowest BCUT2D eigenvalue weighted by Crippen LogP contribution is -2.47. The summed E-state index contributed by atoms with van der Waals surface area (Å²) in [7, 11) is 0. The second kappa shape index (κ2) is 6.05. The van der Waals surface area contributed by atoms with E-state index in [0.717, 1.165) is 29.8 Å². The van der Waals surface area contributed by atoms with Gasteiger partial charge in [-0.1, -0.05) is 6.92 Å². The second-order valence-corrected chi connectivity index (χ2v) is 7.00. The summed E-state index contributed by atoms with van der Waals surface area (Å²) in [5, 5.41) is 12.6. The lowest BCUT2D eigenvalue weighted by atomic mass is 9.92. The Bertz CT molecular complexity index is 568. The van der Waals surface area contributed by atoms with Gasteiger partial charge < -0.3 is 10.0 Å². The molecule has 116 valence electrons. The number of aromatic carboxylic acids is 1. The smallest absolute Gasteiger partial charge is 0.338 e. The largest absolute Gasteiger partial charge is 0.478 e. The van der Waals surface area contributed by atoms with Crippen LogP contribution in [0, 0.1) is 19.8 Å². The molecule has 2 unspecified atom stereocenters. The summed E-state index contributed by atoms with van der Waals surface area (Å²) < 4.78 is 0. The van der Waals surface area contributed by atoms with E-state index < -0.39 is 5.97 Å². The minimum Gasteiger partial charge on any atom is -0.478 e. The number of nitrogens with zero attached hydrogens (tertiary/aromatic N) is 1. The van der Waals surface area contributed by atoms with Crippen LogP contribution in [-0.4, -0.2) is 34.6 Å². The fraction of sp³-hybridized carbons (Fsp3) is 0.600. The predicted molar refractivity (Wildman–Crippen MR) is 84.3 cm³/mol. The lowest BCUT2D eigenvalue weighted by Gasteiger charge is -2.37. The van der Waals surface area contributed by atoms with Crippen molar-refractivity contribution in [3.63, 3.8) is 0 Å². The monoisotopic (exact) mass is 310 g/mol. The summed E-state index contributed by atoms with van der Waals surface area (Å²) >= 11 is 1.32. The van der Waals surface area contributed by atoms with E-state index in [-0.39, 0.29) is 17.6 Å². The van der Waals surface area contributed by atoms with Crippen LogP contribution >= 0.6 is 11.3 Å². The van der Waals surface area contributed by atoms with Crippen molar-refractivity contribution in [2.24, 2.45) is 5.92 Å². The summed E-state index contributed by atoms with van der Waals surface area (Å²) in [5.41, 5.74) is 0.937. The molecule has 2 amide bonds. The zero-order valence-corrected chi connectivity index (χ0v) is 13.7. The average Bonchev–Trinajstić information content (AvgIpc) is 2.67. The minimum atomic E-state index is -0.993. The van der Waals surface area contributed by atoms with Crippen LogP contribution in [0.25, 0.3) is 0 Å². The van der Waals surface area contributed by atoms with E-state index in [9.17, 15) is 14.7 Å². The molecule has 1 aliphatic rings. The highest BCUT2D eigenvalue weighted by Crippen LogP contribution is 2.33. The topological polar surface area (TPSA) is 69.6 Å². The molecule has 1 fully saturated rings. The van der Waals surface area contributed by atoms with Crippen LogP contribution in [-0.2, 0) is 0 Å². The molecule has 0 spiro atoms. The number of urea groups is 1. The number of thiophene rings is 1. The fourth-order valence-electron chi connectivity index (χ4n) is 2.76. The van der Waals surface area contributed by atoms with Crippen LogP contribution in [0.4, 0.5) is 9.80 Å². The number of hydrogen-bond donors (Lipinski definition) is 2. The van der Waals surface area contributed by atoms with Gasteiger partial charge in [0.2, 0.25) is 0 Å². The van der Waals surface area contributed by atoms with Crippen LogP contribution in [0.1, 0.15) is 47.5 Å². The van der Waals surface area contributed by atoms with Crippen molar-refractivity contribution in [3.8, 4) is 0 Å². The third-order valence-electron chi connectivity index (χ3n) is 4.45. The van der Waals surface area contributed by atoms with Gasteiger partial charge in [0.15, 0.2) is 0 Å². The van der Waals surface area contributed by atoms with Gasteiger partial charge in [0.25, 0.3) is 0 Å². The molecule has 21 heavy (non-hydrogen) atoms.